The lowest BCUT2D eigenvalue weighted by Gasteiger charge is -2.20. The van der Waals surface area contributed by atoms with Crippen LogP contribution in [0.15, 0.2) is 12.1 Å². The van der Waals surface area contributed by atoms with E-state index in [0.717, 1.165) is 9.21 Å². The van der Waals surface area contributed by atoms with E-state index in [1.165, 1.54) is 11.3 Å². The number of nitrogens with one attached hydrogen (secondary N) is 1. The van der Waals surface area contributed by atoms with Crippen LogP contribution < -0.4 is 5.32 Å². The summed E-state index contributed by atoms with van der Waals surface area (Å²) in [5, 5.41) is 3.21. The lowest BCUT2D eigenvalue weighted by molar-refractivity contribution is 0.548. The zero-order valence-electron chi connectivity index (χ0n) is 11.2. The molecular weight excluding hydrogens is 290 g/mol. The van der Waals surface area contributed by atoms with Crippen LogP contribution in [-0.4, -0.2) is 25.5 Å². The molecule has 1 rings (SSSR count). The Morgan fingerprint density at radius 2 is 2.00 bits per heavy atom. The van der Waals surface area contributed by atoms with E-state index in [0.29, 0.717) is 6.54 Å². The standard InChI is InChI=1S/C12H20ClNO2S2/c1-9(10-5-6-11(13)17-10)14-7-8-18(15,16)12(2,3)4/h5-6,9,14H,7-8H2,1-4H3/t9-/m0/s1. The molecule has 3 nitrogen and oxygen atoms in total. The van der Waals surface area contributed by atoms with E-state index in [1.54, 1.807) is 20.8 Å². The molecule has 1 aromatic rings. The van der Waals surface area contributed by atoms with Crippen LogP contribution in [-0.2, 0) is 9.84 Å². The fraction of sp³-hybridized carbons (Fsp3) is 0.667. The van der Waals surface area contributed by atoms with E-state index < -0.39 is 14.6 Å². The van der Waals surface area contributed by atoms with E-state index in [4.69, 9.17) is 11.6 Å². The highest BCUT2D eigenvalue weighted by molar-refractivity contribution is 7.92. The molecule has 0 saturated heterocycles. The lowest BCUT2D eigenvalue weighted by atomic mass is 10.3. The molecule has 0 fully saturated rings. The molecule has 0 aliphatic heterocycles. The largest absolute Gasteiger partial charge is 0.308 e. The maximum absolute atomic E-state index is 11.9. The first-order valence-electron chi connectivity index (χ1n) is 5.84. The number of sulfone groups is 1. The second kappa shape index (κ2) is 5.90. The first-order valence-corrected chi connectivity index (χ1v) is 8.69. The highest BCUT2D eigenvalue weighted by Crippen LogP contribution is 2.26. The summed E-state index contributed by atoms with van der Waals surface area (Å²) in [7, 11) is -3.06. The molecule has 0 aromatic carbocycles. The summed E-state index contributed by atoms with van der Waals surface area (Å²) in [6.07, 6.45) is 0. The minimum Gasteiger partial charge on any atom is -0.308 e. The van der Waals surface area contributed by atoms with Gasteiger partial charge in [-0.05, 0) is 39.8 Å². The Labute approximate surface area is 118 Å². The Balaban J connectivity index is 2.48. The second-order valence-electron chi connectivity index (χ2n) is 5.25. The molecule has 18 heavy (non-hydrogen) atoms. The van der Waals surface area contributed by atoms with Gasteiger partial charge in [0.1, 0.15) is 0 Å². The Bertz CT molecular complexity index is 488. The van der Waals surface area contributed by atoms with Crippen molar-refractivity contribution in [2.45, 2.75) is 38.5 Å². The Kier molecular flexibility index (Phi) is 5.23. The van der Waals surface area contributed by atoms with Gasteiger partial charge in [-0.2, -0.15) is 0 Å². The van der Waals surface area contributed by atoms with Crippen molar-refractivity contribution in [2.24, 2.45) is 0 Å². The van der Waals surface area contributed by atoms with Crippen LogP contribution in [0.25, 0.3) is 0 Å². The molecule has 0 bridgehead atoms. The minimum absolute atomic E-state index is 0.123. The van der Waals surface area contributed by atoms with Crippen LogP contribution >= 0.6 is 22.9 Å². The minimum atomic E-state index is -3.06. The van der Waals surface area contributed by atoms with Crippen LogP contribution in [0.3, 0.4) is 0 Å². The van der Waals surface area contributed by atoms with Gasteiger partial charge in [-0.25, -0.2) is 8.42 Å². The van der Waals surface area contributed by atoms with E-state index in [9.17, 15) is 8.42 Å². The van der Waals surface area contributed by atoms with Gasteiger partial charge in [0.25, 0.3) is 0 Å². The molecule has 0 unspecified atom stereocenters. The molecule has 104 valence electrons. The monoisotopic (exact) mass is 309 g/mol. The number of hydrogen-bond donors (Lipinski definition) is 1. The maximum Gasteiger partial charge on any atom is 0.156 e. The molecule has 1 N–H and O–H groups in total. The molecule has 0 amide bonds. The molecule has 1 heterocycles. The van der Waals surface area contributed by atoms with Crippen molar-refractivity contribution in [1.29, 1.82) is 0 Å². The van der Waals surface area contributed by atoms with Crippen molar-refractivity contribution < 1.29 is 8.42 Å². The van der Waals surface area contributed by atoms with Gasteiger partial charge in [-0.3, -0.25) is 0 Å². The van der Waals surface area contributed by atoms with Crippen LogP contribution in [0.2, 0.25) is 4.34 Å². The zero-order chi connectivity index (χ0) is 14.0. The van der Waals surface area contributed by atoms with E-state index >= 15 is 0 Å². The van der Waals surface area contributed by atoms with Gasteiger partial charge in [-0.1, -0.05) is 11.6 Å². The molecule has 0 radical (unpaired) electrons. The molecule has 6 heteroatoms. The maximum atomic E-state index is 11.9. The summed E-state index contributed by atoms with van der Waals surface area (Å²) in [5.74, 6) is 0.153. The predicted octanol–water partition coefficient (Wildman–Crippen LogP) is 3.27. The van der Waals surface area contributed by atoms with E-state index in [1.807, 2.05) is 19.1 Å². The van der Waals surface area contributed by atoms with Gasteiger partial charge in [0, 0.05) is 17.5 Å². The van der Waals surface area contributed by atoms with E-state index in [2.05, 4.69) is 5.32 Å². The third-order valence-electron chi connectivity index (χ3n) is 2.78. The molecule has 0 aliphatic carbocycles. The van der Waals surface area contributed by atoms with E-state index in [-0.39, 0.29) is 11.8 Å². The molecule has 0 spiro atoms. The van der Waals surface area contributed by atoms with Gasteiger partial charge in [0.15, 0.2) is 9.84 Å². The van der Waals surface area contributed by atoms with Crippen LogP contribution in [0.4, 0.5) is 0 Å². The first-order chi connectivity index (χ1) is 8.13. The summed E-state index contributed by atoms with van der Waals surface area (Å²) in [4.78, 5) is 1.12. The average molecular weight is 310 g/mol. The van der Waals surface area contributed by atoms with Gasteiger partial charge in [0.05, 0.1) is 14.8 Å². The second-order valence-corrected chi connectivity index (χ2v) is 9.86. The highest BCUT2D eigenvalue weighted by Gasteiger charge is 2.28. The molecular formula is C12H20ClNO2S2. The Morgan fingerprint density at radius 3 is 2.44 bits per heavy atom. The van der Waals surface area contributed by atoms with Crippen LogP contribution in [0, 0.1) is 0 Å². The summed E-state index contributed by atoms with van der Waals surface area (Å²) in [6.45, 7) is 7.64. The Morgan fingerprint density at radius 1 is 1.39 bits per heavy atom. The van der Waals surface area contributed by atoms with Gasteiger partial charge < -0.3 is 5.32 Å². The predicted molar refractivity (Wildman–Crippen MR) is 79.3 cm³/mol. The summed E-state index contributed by atoms with van der Waals surface area (Å²) in [5.41, 5.74) is 0. The smallest absolute Gasteiger partial charge is 0.156 e. The van der Waals surface area contributed by atoms with Crippen molar-refractivity contribution in [3.8, 4) is 0 Å². The fourth-order valence-electron chi connectivity index (χ4n) is 1.38. The van der Waals surface area contributed by atoms with Crippen molar-refractivity contribution in [3.05, 3.63) is 21.3 Å². The first kappa shape index (κ1) is 16.0. The fourth-order valence-corrected chi connectivity index (χ4v) is 3.46. The van der Waals surface area contributed by atoms with Crippen molar-refractivity contribution >= 4 is 32.8 Å². The normalized spacial score (nSPS) is 14.7. The molecule has 0 saturated carbocycles. The van der Waals surface area contributed by atoms with Crippen molar-refractivity contribution in [2.75, 3.05) is 12.3 Å². The van der Waals surface area contributed by atoms with Gasteiger partial charge >= 0.3 is 0 Å². The number of thiophene rings is 1. The highest BCUT2D eigenvalue weighted by atomic mass is 35.5. The Hall–Kier alpha value is -0.100. The quantitative estimate of drug-likeness (QED) is 0.908. The molecule has 0 aliphatic rings. The zero-order valence-corrected chi connectivity index (χ0v) is 13.5. The number of hydrogen-bond acceptors (Lipinski definition) is 4. The van der Waals surface area contributed by atoms with Crippen LogP contribution in [0.5, 0.6) is 0 Å². The summed E-state index contributed by atoms with van der Waals surface area (Å²) in [6, 6.07) is 3.94. The SMILES string of the molecule is C[C@H](NCCS(=O)(=O)C(C)(C)C)c1ccc(Cl)s1. The van der Waals surface area contributed by atoms with Crippen molar-refractivity contribution in [1.82, 2.24) is 5.32 Å². The molecule has 1 aromatic heterocycles. The van der Waals surface area contributed by atoms with Gasteiger partial charge in [0.2, 0.25) is 0 Å². The van der Waals surface area contributed by atoms with Crippen molar-refractivity contribution in [3.63, 3.8) is 0 Å². The summed E-state index contributed by atoms with van der Waals surface area (Å²) < 4.78 is 23.9. The lowest BCUT2D eigenvalue weighted by Crippen LogP contribution is -2.35. The third kappa shape index (κ3) is 4.23. The topological polar surface area (TPSA) is 46.2 Å². The molecule has 1 atom stereocenters. The average Bonchev–Trinajstić information content (AvgIpc) is 2.62. The number of rotatable bonds is 5. The summed E-state index contributed by atoms with van der Waals surface area (Å²) >= 11 is 7.38. The third-order valence-corrected chi connectivity index (χ3v) is 6.80. The van der Waals surface area contributed by atoms with Gasteiger partial charge in [-0.15, -0.1) is 11.3 Å². The van der Waals surface area contributed by atoms with Crippen LogP contribution in [0.1, 0.15) is 38.6 Å². The number of halogens is 1.